The highest BCUT2D eigenvalue weighted by atomic mass is 16.3. The SMILES string of the molecule is CC12CCC3C4CCC(=O)C=C4CCC3C1CC[C@@H]2O. The topological polar surface area (TPSA) is 37.3 Å². The lowest BCUT2D eigenvalue weighted by Gasteiger charge is -2.53. The average Bonchev–Trinajstić information content (AvgIpc) is 2.74. The molecule has 0 heterocycles. The molecule has 1 N–H and O–H groups in total. The molecule has 5 unspecified atom stereocenters. The molecule has 0 bridgehead atoms. The number of hydrogen-bond donors (Lipinski definition) is 1. The van der Waals surface area contributed by atoms with Crippen molar-refractivity contribution in [1.29, 1.82) is 0 Å². The summed E-state index contributed by atoms with van der Waals surface area (Å²) >= 11 is 0. The Kier molecular flexibility index (Phi) is 2.89. The normalized spacial score (nSPS) is 51.0. The fourth-order valence-corrected chi connectivity index (χ4v) is 6.15. The van der Waals surface area contributed by atoms with Crippen LogP contribution in [0.15, 0.2) is 11.6 Å². The Labute approximate surface area is 121 Å². The first kappa shape index (κ1) is 13.1. The van der Waals surface area contributed by atoms with Crippen molar-refractivity contribution < 1.29 is 9.90 Å². The minimum absolute atomic E-state index is 0.0710. The molecular weight excluding hydrogens is 248 g/mol. The van der Waals surface area contributed by atoms with Gasteiger partial charge in [0, 0.05) is 6.42 Å². The van der Waals surface area contributed by atoms with Crippen LogP contribution in [0.3, 0.4) is 0 Å². The van der Waals surface area contributed by atoms with Crippen molar-refractivity contribution in [3.63, 3.8) is 0 Å². The average molecular weight is 274 g/mol. The van der Waals surface area contributed by atoms with Crippen molar-refractivity contribution in [2.24, 2.45) is 29.1 Å². The number of carbonyl (C=O) groups excluding carboxylic acids is 1. The van der Waals surface area contributed by atoms with Crippen LogP contribution >= 0.6 is 0 Å². The van der Waals surface area contributed by atoms with E-state index in [0.29, 0.717) is 11.7 Å². The van der Waals surface area contributed by atoms with Gasteiger partial charge in [-0.2, -0.15) is 0 Å². The van der Waals surface area contributed by atoms with Crippen molar-refractivity contribution in [3.8, 4) is 0 Å². The summed E-state index contributed by atoms with van der Waals surface area (Å²) in [7, 11) is 0. The van der Waals surface area contributed by atoms with Crippen LogP contribution in [0, 0.1) is 29.1 Å². The molecule has 4 aliphatic rings. The standard InChI is InChI=1S/C18H26O2/c1-18-9-8-14-13-5-3-12(19)10-11(13)2-4-15(14)16(18)6-7-17(18)20/h10,13-17,20H,2-9H2,1H3/t13?,14?,15?,16?,17-,18?/m0/s1. The van der Waals surface area contributed by atoms with E-state index in [1.807, 2.05) is 6.08 Å². The van der Waals surface area contributed by atoms with Crippen molar-refractivity contribution in [2.45, 2.75) is 64.4 Å². The van der Waals surface area contributed by atoms with E-state index in [1.54, 1.807) is 0 Å². The Hall–Kier alpha value is -0.630. The molecule has 0 saturated heterocycles. The summed E-state index contributed by atoms with van der Waals surface area (Å²) in [6, 6.07) is 0. The molecule has 20 heavy (non-hydrogen) atoms. The van der Waals surface area contributed by atoms with E-state index < -0.39 is 0 Å². The summed E-state index contributed by atoms with van der Waals surface area (Å²) in [6.45, 7) is 2.33. The molecule has 0 amide bonds. The lowest BCUT2D eigenvalue weighted by Crippen LogP contribution is -2.47. The molecule has 0 aromatic carbocycles. The summed E-state index contributed by atoms with van der Waals surface area (Å²) in [5.41, 5.74) is 1.65. The van der Waals surface area contributed by atoms with Gasteiger partial charge in [0.2, 0.25) is 0 Å². The summed E-state index contributed by atoms with van der Waals surface area (Å²) in [5, 5.41) is 10.4. The molecule has 0 spiro atoms. The number of aliphatic hydroxyl groups excluding tert-OH is 1. The quantitative estimate of drug-likeness (QED) is 0.734. The molecule has 4 rings (SSSR count). The minimum Gasteiger partial charge on any atom is -0.393 e. The van der Waals surface area contributed by atoms with Gasteiger partial charge in [0.15, 0.2) is 5.78 Å². The van der Waals surface area contributed by atoms with Gasteiger partial charge in [-0.3, -0.25) is 4.79 Å². The largest absolute Gasteiger partial charge is 0.393 e. The molecule has 2 nitrogen and oxygen atoms in total. The second-order valence-electron chi connectivity index (χ2n) is 7.94. The summed E-state index contributed by atoms with van der Waals surface area (Å²) < 4.78 is 0. The Morgan fingerprint density at radius 3 is 2.80 bits per heavy atom. The lowest BCUT2D eigenvalue weighted by atomic mass is 9.52. The fraction of sp³-hybridized carbons (Fsp3) is 0.833. The first-order valence-electron chi connectivity index (χ1n) is 8.51. The van der Waals surface area contributed by atoms with Crippen LogP contribution in [-0.4, -0.2) is 17.0 Å². The first-order chi connectivity index (χ1) is 9.59. The molecule has 110 valence electrons. The molecule has 2 heteroatoms. The Morgan fingerprint density at radius 2 is 1.95 bits per heavy atom. The van der Waals surface area contributed by atoms with Gasteiger partial charge in [-0.05, 0) is 80.1 Å². The van der Waals surface area contributed by atoms with E-state index in [-0.39, 0.29) is 11.5 Å². The van der Waals surface area contributed by atoms with Crippen molar-refractivity contribution in [1.82, 2.24) is 0 Å². The maximum atomic E-state index is 11.6. The number of allylic oxidation sites excluding steroid dienone is 1. The predicted octanol–water partition coefficient (Wildman–Crippen LogP) is 3.49. The Bertz CT molecular complexity index is 466. The van der Waals surface area contributed by atoms with Crippen LogP contribution in [0.1, 0.15) is 58.3 Å². The van der Waals surface area contributed by atoms with Gasteiger partial charge in [-0.1, -0.05) is 12.5 Å². The molecule has 3 fully saturated rings. The predicted molar refractivity (Wildman–Crippen MR) is 78.1 cm³/mol. The highest BCUT2D eigenvalue weighted by Crippen LogP contribution is 2.61. The van der Waals surface area contributed by atoms with E-state index in [9.17, 15) is 9.90 Å². The zero-order chi connectivity index (χ0) is 13.9. The van der Waals surface area contributed by atoms with Gasteiger partial charge in [-0.15, -0.1) is 0 Å². The third kappa shape index (κ3) is 1.70. The molecule has 6 atom stereocenters. The summed E-state index contributed by atoms with van der Waals surface area (Å²) in [5.74, 6) is 3.38. The lowest BCUT2D eigenvalue weighted by molar-refractivity contribution is -0.116. The number of rotatable bonds is 0. The van der Waals surface area contributed by atoms with Crippen LogP contribution in [0.4, 0.5) is 0 Å². The van der Waals surface area contributed by atoms with Crippen LogP contribution in [-0.2, 0) is 4.79 Å². The molecule has 0 aromatic heterocycles. The smallest absolute Gasteiger partial charge is 0.155 e. The Balaban J connectivity index is 1.63. The number of hydrogen-bond acceptors (Lipinski definition) is 2. The number of aliphatic hydroxyl groups is 1. The number of fused-ring (bicyclic) bond motifs is 5. The molecule has 0 radical (unpaired) electrons. The third-order valence-electron chi connectivity index (χ3n) is 7.25. The molecule has 4 aliphatic carbocycles. The maximum Gasteiger partial charge on any atom is 0.155 e. The molecule has 0 aromatic rings. The molecule has 0 aliphatic heterocycles. The van der Waals surface area contributed by atoms with Crippen molar-refractivity contribution in [2.75, 3.05) is 0 Å². The molecule has 3 saturated carbocycles. The van der Waals surface area contributed by atoms with E-state index in [0.717, 1.165) is 43.4 Å². The van der Waals surface area contributed by atoms with Gasteiger partial charge < -0.3 is 5.11 Å². The maximum absolute atomic E-state index is 11.6. The minimum atomic E-state index is -0.0710. The van der Waals surface area contributed by atoms with Gasteiger partial charge >= 0.3 is 0 Å². The number of ketones is 1. The van der Waals surface area contributed by atoms with E-state index in [2.05, 4.69) is 6.92 Å². The van der Waals surface area contributed by atoms with E-state index >= 15 is 0 Å². The van der Waals surface area contributed by atoms with Crippen molar-refractivity contribution >= 4 is 5.78 Å². The van der Waals surface area contributed by atoms with E-state index in [1.165, 1.54) is 31.3 Å². The zero-order valence-corrected chi connectivity index (χ0v) is 12.5. The van der Waals surface area contributed by atoms with Gasteiger partial charge in [-0.25, -0.2) is 0 Å². The highest BCUT2D eigenvalue weighted by Gasteiger charge is 2.55. The fourth-order valence-electron chi connectivity index (χ4n) is 6.15. The monoisotopic (exact) mass is 274 g/mol. The van der Waals surface area contributed by atoms with Gasteiger partial charge in [0.25, 0.3) is 0 Å². The van der Waals surface area contributed by atoms with E-state index in [4.69, 9.17) is 0 Å². The Morgan fingerprint density at radius 1 is 1.10 bits per heavy atom. The van der Waals surface area contributed by atoms with Crippen molar-refractivity contribution in [3.05, 3.63) is 11.6 Å². The van der Waals surface area contributed by atoms with Crippen LogP contribution in [0.25, 0.3) is 0 Å². The van der Waals surface area contributed by atoms with Gasteiger partial charge in [0.05, 0.1) is 6.10 Å². The number of carbonyl (C=O) groups is 1. The highest BCUT2D eigenvalue weighted by molar-refractivity contribution is 5.91. The summed E-state index contributed by atoms with van der Waals surface area (Å²) in [4.78, 5) is 11.6. The van der Waals surface area contributed by atoms with Crippen LogP contribution in [0.5, 0.6) is 0 Å². The second-order valence-corrected chi connectivity index (χ2v) is 7.94. The third-order valence-corrected chi connectivity index (χ3v) is 7.25. The second kappa shape index (κ2) is 4.43. The zero-order valence-electron chi connectivity index (χ0n) is 12.5. The molecular formula is C18H26O2. The van der Waals surface area contributed by atoms with Crippen LogP contribution < -0.4 is 0 Å². The summed E-state index contributed by atoms with van der Waals surface area (Å²) in [6.07, 6.45) is 10.9. The first-order valence-corrected chi connectivity index (χ1v) is 8.51. The van der Waals surface area contributed by atoms with Crippen LogP contribution in [0.2, 0.25) is 0 Å². The van der Waals surface area contributed by atoms with Gasteiger partial charge in [0.1, 0.15) is 0 Å².